The predicted octanol–water partition coefficient (Wildman–Crippen LogP) is 2.15. The molecule has 1 heterocycles. The van der Waals surface area contributed by atoms with Crippen molar-refractivity contribution in [3.8, 4) is 0 Å². The third kappa shape index (κ3) is 2.19. The number of hydrogen-bond donors (Lipinski definition) is 0. The molecule has 16 heavy (non-hydrogen) atoms. The zero-order chi connectivity index (χ0) is 11.5. The Kier molecular flexibility index (Phi) is 2.86. The van der Waals surface area contributed by atoms with Gasteiger partial charge in [0.2, 0.25) is 0 Å². The van der Waals surface area contributed by atoms with Crippen molar-refractivity contribution in [3.05, 3.63) is 53.3 Å². The van der Waals surface area contributed by atoms with Crippen LogP contribution in [-0.4, -0.2) is 15.6 Å². The SMILES string of the molecule is Cc1ccc(CC(=O)c2ccnn2C)cc1. The molecule has 0 atom stereocenters. The van der Waals surface area contributed by atoms with Gasteiger partial charge in [0, 0.05) is 19.7 Å². The molecule has 2 rings (SSSR count). The molecule has 0 radical (unpaired) electrons. The third-order valence-corrected chi connectivity index (χ3v) is 2.59. The normalized spacial score (nSPS) is 10.4. The monoisotopic (exact) mass is 214 g/mol. The smallest absolute Gasteiger partial charge is 0.185 e. The van der Waals surface area contributed by atoms with Gasteiger partial charge in [0.1, 0.15) is 5.69 Å². The summed E-state index contributed by atoms with van der Waals surface area (Å²) in [6.45, 7) is 2.03. The Bertz CT molecular complexity index is 497. The maximum atomic E-state index is 11.9. The summed E-state index contributed by atoms with van der Waals surface area (Å²) in [7, 11) is 1.78. The van der Waals surface area contributed by atoms with E-state index in [1.54, 1.807) is 24.0 Å². The van der Waals surface area contributed by atoms with Crippen LogP contribution in [0.3, 0.4) is 0 Å². The molecule has 0 saturated carbocycles. The van der Waals surface area contributed by atoms with Crippen LogP contribution in [0.4, 0.5) is 0 Å². The van der Waals surface area contributed by atoms with Gasteiger partial charge in [0.25, 0.3) is 0 Å². The van der Waals surface area contributed by atoms with Crippen LogP contribution in [0.5, 0.6) is 0 Å². The standard InChI is InChI=1S/C13H14N2O/c1-10-3-5-11(6-4-10)9-13(16)12-7-8-14-15(12)2/h3-8H,9H2,1-2H3. The largest absolute Gasteiger partial charge is 0.292 e. The molecule has 0 unspecified atom stereocenters. The highest BCUT2D eigenvalue weighted by Crippen LogP contribution is 2.08. The van der Waals surface area contributed by atoms with E-state index in [1.807, 2.05) is 31.2 Å². The molecule has 0 aliphatic carbocycles. The highest BCUT2D eigenvalue weighted by Gasteiger charge is 2.10. The lowest BCUT2D eigenvalue weighted by Crippen LogP contribution is -2.09. The first kappa shape index (κ1) is 10.6. The van der Waals surface area contributed by atoms with E-state index in [9.17, 15) is 4.79 Å². The van der Waals surface area contributed by atoms with Gasteiger partial charge in [-0.05, 0) is 18.6 Å². The Balaban J connectivity index is 2.14. The number of Topliss-reactive ketones (excluding diaryl/α,β-unsaturated/α-hetero) is 1. The summed E-state index contributed by atoms with van der Waals surface area (Å²) >= 11 is 0. The summed E-state index contributed by atoms with van der Waals surface area (Å²) in [4.78, 5) is 11.9. The molecule has 0 bridgehead atoms. The van der Waals surface area contributed by atoms with Crippen molar-refractivity contribution in [1.82, 2.24) is 9.78 Å². The average Bonchev–Trinajstić information content (AvgIpc) is 2.68. The van der Waals surface area contributed by atoms with E-state index in [1.165, 1.54) is 5.56 Å². The van der Waals surface area contributed by atoms with Crippen molar-refractivity contribution in [2.24, 2.45) is 7.05 Å². The lowest BCUT2D eigenvalue weighted by atomic mass is 10.1. The number of rotatable bonds is 3. The molecule has 0 aliphatic heterocycles. The number of hydrogen-bond acceptors (Lipinski definition) is 2. The van der Waals surface area contributed by atoms with Crippen molar-refractivity contribution in [2.45, 2.75) is 13.3 Å². The average molecular weight is 214 g/mol. The second kappa shape index (κ2) is 4.31. The predicted molar refractivity (Wildman–Crippen MR) is 62.4 cm³/mol. The topological polar surface area (TPSA) is 34.9 Å². The van der Waals surface area contributed by atoms with Gasteiger partial charge in [-0.2, -0.15) is 5.10 Å². The molecule has 0 spiro atoms. The van der Waals surface area contributed by atoms with Crippen LogP contribution < -0.4 is 0 Å². The first-order valence-electron chi connectivity index (χ1n) is 5.23. The fourth-order valence-electron chi connectivity index (χ4n) is 1.63. The fraction of sp³-hybridized carbons (Fsp3) is 0.231. The molecular formula is C13H14N2O. The lowest BCUT2D eigenvalue weighted by Gasteiger charge is -2.02. The van der Waals surface area contributed by atoms with Crippen LogP contribution in [-0.2, 0) is 13.5 Å². The van der Waals surface area contributed by atoms with Gasteiger partial charge in [-0.1, -0.05) is 29.8 Å². The molecule has 0 aliphatic rings. The minimum atomic E-state index is 0.101. The third-order valence-electron chi connectivity index (χ3n) is 2.59. The summed E-state index contributed by atoms with van der Waals surface area (Å²) in [6.07, 6.45) is 2.07. The number of carbonyl (C=O) groups excluding carboxylic acids is 1. The zero-order valence-electron chi connectivity index (χ0n) is 9.47. The van der Waals surface area contributed by atoms with E-state index in [-0.39, 0.29) is 5.78 Å². The molecule has 0 amide bonds. The molecule has 1 aromatic carbocycles. The van der Waals surface area contributed by atoms with E-state index >= 15 is 0 Å². The molecule has 82 valence electrons. The highest BCUT2D eigenvalue weighted by molar-refractivity contribution is 5.95. The van der Waals surface area contributed by atoms with Crippen LogP contribution in [0.1, 0.15) is 21.6 Å². The van der Waals surface area contributed by atoms with Crippen LogP contribution in [0, 0.1) is 6.92 Å². The molecule has 3 heteroatoms. The van der Waals surface area contributed by atoms with E-state index in [0.29, 0.717) is 12.1 Å². The second-order valence-electron chi connectivity index (χ2n) is 3.93. The van der Waals surface area contributed by atoms with Gasteiger partial charge >= 0.3 is 0 Å². The first-order chi connectivity index (χ1) is 7.66. The van der Waals surface area contributed by atoms with Crippen LogP contribution in [0.15, 0.2) is 36.5 Å². The summed E-state index contributed by atoms with van der Waals surface area (Å²) in [5.74, 6) is 0.101. The van der Waals surface area contributed by atoms with Gasteiger partial charge in [-0.3, -0.25) is 9.48 Å². The van der Waals surface area contributed by atoms with E-state index in [0.717, 1.165) is 5.56 Å². The maximum Gasteiger partial charge on any atom is 0.185 e. The van der Waals surface area contributed by atoms with Gasteiger partial charge in [-0.25, -0.2) is 0 Å². The van der Waals surface area contributed by atoms with Gasteiger partial charge in [0.05, 0.1) is 0 Å². The number of benzene rings is 1. The minimum absolute atomic E-state index is 0.101. The molecule has 0 saturated heterocycles. The Morgan fingerprint density at radius 3 is 2.50 bits per heavy atom. The van der Waals surface area contributed by atoms with Crippen molar-refractivity contribution in [2.75, 3.05) is 0 Å². The molecule has 3 nitrogen and oxygen atoms in total. The van der Waals surface area contributed by atoms with Crippen LogP contribution in [0.25, 0.3) is 0 Å². The van der Waals surface area contributed by atoms with Gasteiger partial charge in [-0.15, -0.1) is 0 Å². The number of aryl methyl sites for hydroxylation is 2. The summed E-state index contributed by atoms with van der Waals surface area (Å²) in [5, 5.41) is 3.99. The minimum Gasteiger partial charge on any atom is -0.292 e. The van der Waals surface area contributed by atoms with Crippen LogP contribution >= 0.6 is 0 Å². The van der Waals surface area contributed by atoms with Crippen molar-refractivity contribution in [3.63, 3.8) is 0 Å². The summed E-state index contributed by atoms with van der Waals surface area (Å²) < 4.78 is 1.61. The number of aromatic nitrogens is 2. The Morgan fingerprint density at radius 2 is 1.94 bits per heavy atom. The highest BCUT2D eigenvalue weighted by atomic mass is 16.1. The van der Waals surface area contributed by atoms with Gasteiger partial charge < -0.3 is 0 Å². The molecule has 2 aromatic rings. The van der Waals surface area contributed by atoms with Crippen molar-refractivity contribution in [1.29, 1.82) is 0 Å². The maximum absolute atomic E-state index is 11.9. The second-order valence-corrected chi connectivity index (χ2v) is 3.93. The summed E-state index contributed by atoms with van der Waals surface area (Å²) in [5.41, 5.74) is 2.90. The number of nitrogens with zero attached hydrogens (tertiary/aromatic N) is 2. The van der Waals surface area contributed by atoms with E-state index in [2.05, 4.69) is 5.10 Å². The van der Waals surface area contributed by atoms with E-state index < -0.39 is 0 Å². The quantitative estimate of drug-likeness (QED) is 0.734. The zero-order valence-corrected chi connectivity index (χ0v) is 9.47. The molecule has 0 N–H and O–H groups in total. The van der Waals surface area contributed by atoms with E-state index in [4.69, 9.17) is 0 Å². The first-order valence-corrected chi connectivity index (χ1v) is 5.23. The molecule has 1 aromatic heterocycles. The Hall–Kier alpha value is -1.90. The van der Waals surface area contributed by atoms with Crippen molar-refractivity contribution >= 4 is 5.78 Å². The van der Waals surface area contributed by atoms with Crippen molar-refractivity contribution < 1.29 is 4.79 Å². The Morgan fingerprint density at radius 1 is 1.25 bits per heavy atom. The number of ketones is 1. The fourth-order valence-corrected chi connectivity index (χ4v) is 1.63. The molecular weight excluding hydrogens is 200 g/mol. The van der Waals surface area contributed by atoms with Gasteiger partial charge in [0.15, 0.2) is 5.78 Å². The lowest BCUT2D eigenvalue weighted by molar-refractivity contribution is 0.0984. The number of carbonyl (C=O) groups is 1. The van der Waals surface area contributed by atoms with Crippen LogP contribution in [0.2, 0.25) is 0 Å². The Labute approximate surface area is 94.7 Å². The summed E-state index contributed by atoms with van der Waals surface area (Å²) in [6, 6.07) is 9.77. The molecule has 0 fully saturated rings.